The second-order valence-corrected chi connectivity index (χ2v) is 8.56. The van der Waals surface area contributed by atoms with Crippen LogP contribution in [0.25, 0.3) is 0 Å². The minimum atomic E-state index is -3.62. The summed E-state index contributed by atoms with van der Waals surface area (Å²) in [5, 5.41) is 6.15. The van der Waals surface area contributed by atoms with Crippen LogP contribution < -0.4 is 10.6 Å². The number of amides is 1. The summed E-state index contributed by atoms with van der Waals surface area (Å²) in [5.41, 5.74) is 0.453. The Hall–Kier alpha value is -0.860. The second-order valence-electron chi connectivity index (χ2n) is 6.25. The fourth-order valence-corrected chi connectivity index (χ4v) is 5.17. The molecule has 1 atom stereocenters. The van der Waals surface area contributed by atoms with Gasteiger partial charge in [-0.15, -0.1) is 12.4 Å². The lowest BCUT2D eigenvalue weighted by Crippen LogP contribution is -2.43. The van der Waals surface area contributed by atoms with Gasteiger partial charge in [0.05, 0.1) is 11.1 Å². The summed E-state index contributed by atoms with van der Waals surface area (Å²) in [6.07, 6.45) is 4.60. The Labute approximate surface area is 159 Å². The van der Waals surface area contributed by atoms with E-state index in [1.807, 2.05) is 0 Å². The molecule has 9 heteroatoms. The van der Waals surface area contributed by atoms with E-state index >= 15 is 0 Å². The first-order valence-electron chi connectivity index (χ1n) is 8.32. The zero-order chi connectivity index (χ0) is 17.2. The van der Waals surface area contributed by atoms with Crippen molar-refractivity contribution in [1.29, 1.82) is 0 Å². The highest BCUT2D eigenvalue weighted by Crippen LogP contribution is 2.29. The molecule has 1 amide bonds. The normalized spacial score (nSPS) is 21.6. The van der Waals surface area contributed by atoms with Crippen LogP contribution in [0.2, 0.25) is 5.02 Å². The standard InChI is InChI=1S/C16H22ClN3O3S.ClH/c17-13-7-6-12(19-16(21)14-5-1-2-8-18-14)11-15(13)24(22,23)20-9-3-4-10-20;/h6-7,11,14,18H,1-5,8-10H2,(H,19,21);1H. The van der Waals surface area contributed by atoms with Crippen molar-refractivity contribution in [3.05, 3.63) is 23.2 Å². The van der Waals surface area contributed by atoms with Crippen molar-refractivity contribution in [3.8, 4) is 0 Å². The predicted octanol–water partition coefficient (Wildman–Crippen LogP) is 2.63. The molecule has 2 fully saturated rings. The van der Waals surface area contributed by atoms with Gasteiger partial charge in [0.1, 0.15) is 4.90 Å². The largest absolute Gasteiger partial charge is 0.325 e. The van der Waals surface area contributed by atoms with Gasteiger partial charge in [0.15, 0.2) is 0 Å². The van der Waals surface area contributed by atoms with Crippen LogP contribution >= 0.6 is 24.0 Å². The molecule has 3 rings (SSSR count). The first-order chi connectivity index (χ1) is 11.5. The smallest absolute Gasteiger partial charge is 0.244 e. The molecule has 6 nitrogen and oxygen atoms in total. The molecule has 0 aromatic heterocycles. The maximum atomic E-state index is 12.7. The van der Waals surface area contributed by atoms with E-state index in [4.69, 9.17) is 11.6 Å². The van der Waals surface area contributed by atoms with Crippen LogP contribution in [0.4, 0.5) is 5.69 Å². The monoisotopic (exact) mass is 407 g/mol. The lowest BCUT2D eigenvalue weighted by molar-refractivity contribution is -0.118. The summed E-state index contributed by atoms with van der Waals surface area (Å²) in [5.74, 6) is -0.137. The van der Waals surface area contributed by atoms with E-state index in [1.165, 1.54) is 16.4 Å². The van der Waals surface area contributed by atoms with Crippen LogP contribution in [0, 0.1) is 0 Å². The maximum absolute atomic E-state index is 12.7. The van der Waals surface area contributed by atoms with Crippen LogP contribution in [0.5, 0.6) is 0 Å². The average Bonchev–Trinajstić information content (AvgIpc) is 3.12. The fourth-order valence-electron chi connectivity index (χ4n) is 3.15. The van der Waals surface area contributed by atoms with Crippen LogP contribution in [-0.4, -0.2) is 44.3 Å². The van der Waals surface area contributed by atoms with Crippen molar-refractivity contribution in [3.63, 3.8) is 0 Å². The van der Waals surface area contributed by atoms with Gasteiger partial charge < -0.3 is 10.6 Å². The molecule has 2 aliphatic rings. The topological polar surface area (TPSA) is 78.5 Å². The number of anilines is 1. The van der Waals surface area contributed by atoms with Gasteiger partial charge in [0, 0.05) is 18.8 Å². The van der Waals surface area contributed by atoms with Crippen molar-refractivity contribution in [2.75, 3.05) is 25.0 Å². The molecule has 1 aromatic carbocycles. The van der Waals surface area contributed by atoms with Gasteiger partial charge >= 0.3 is 0 Å². The molecule has 25 heavy (non-hydrogen) atoms. The first kappa shape index (κ1) is 20.5. The van der Waals surface area contributed by atoms with Crippen LogP contribution in [-0.2, 0) is 14.8 Å². The summed E-state index contributed by atoms with van der Waals surface area (Å²) in [6.45, 7) is 1.86. The number of nitrogens with zero attached hydrogens (tertiary/aromatic N) is 1. The van der Waals surface area contributed by atoms with Crippen LogP contribution in [0.3, 0.4) is 0 Å². The van der Waals surface area contributed by atoms with E-state index < -0.39 is 10.0 Å². The van der Waals surface area contributed by atoms with E-state index in [9.17, 15) is 13.2 Å². The zero-order valence-corrected chi connectivity index (χ0v) is 16.2. The Morgan fingerprint density at radius 3 is 2.56 bits per heavy atom. The highest BCUT2D eigenvalue weighted by atomic mass is 35.5. The first-order valence-corrected chi connectivity index (χ1v) is 10.1. The third-order valence-electron chi connectivity index (χ3n) is 4.51. The number of carbonyl (C=O) groups is 1. The van der Waals surface area contributed by atoms with Crippen molar-refractivity contribution >= 4 is 45.6 Å². The number of carbonyl (C=O) groups excluding carboxylic acids is 1. The van der Waals surface area contributed by atoms with E-state index in [-0.39, 0.29) is 34.3 Å². The molecule has 2 heterocycles. The maximum Gasteiger partial charge on any atom is 0.244 e. The van der Waals surface area contributed by atoms with E-state index in [0.717, 1.165) is 38.6 Å². The van der Waals surface area contributed by atoms with Gasteiger partial charge in [-0.05, 0) is 50.4 Å². The van der Waals surface area contributed by atoms with E-state index in [1.54, 1.807) is 6.07 Å². The zero-order valence-electron chi connectivity index (χ0n) is 13.8. The van der Waals surface area contributed by atoms with Gasteiger partial charge in [-0.1, -0.05) is 18.0 Å². The molecule has 0 bridgehead atoms. The minimum absolute atomic E-state index is 0. The fraction of sp³-hybridized carbons (Fsp3) is 0.562. The van der Waals surface area contributed by atoms with E-state index in [2.05, 4.69) is 10.6 Å². The molecule has 0 radical (unpaired) electrons. The molecule has 2 N–H and O–H groups in total. The lowest BCUT2D eigenvalue weighted by Gasteiger charge is -2.23. The number of benzene rings is 1. The van der Waals surface area contributed by atoms with Gasteiger partial charge in [-0.25, -0.2) is 8.42 Å². The van der Waals surface area contributed by atoms with Crippen molar-refractivity contribution < 1.29 is 13.2 Å². The number of sulfonamides is 1. The number of piperidine rings is 1. The quantitative estimate of drug-likeness (QED) is 0.803. The molecule has 1 unspecified atom stereocenters. The molecule has 0 saturated carbocycles. The molecular formula is C16H23Cl2N3O3S. The summed E-state index contributed by atoms with van der Waals surface area (Å²) >= 11 is 6.11. The Kier molecular flexibility index (Phi) is 7.10. The van der Waals surface area contributed by atoms with E-state index in [0.29, 0.717) is 18.8 Å². The summed E-state index contributed by atoms with van der Waals surface area (Å²) < 4.78 is 26.9. The van der Waals surface area contributed by atoms with Gasteiger partial charge in [-0.3, -0.25) is 4.79 Å². The van der Waals surface area contributed by atoms with Crippen molar-refractivity contribution in [2.45, 2.75) is 43.0 Å². The molecular weight excluding hydrogens is 385 g/mol. The van der Waals surface area contributed by atoms with Crippen molar-refractivity contribution in [1.82, 2.24) is 9.62 Å². The van der Waals surface area contributed by atoms with Crippen LogP contribution in [0.15, 0.2) is 23.1 Å². The number of hydrogen-bond donors (Lipinski definition) is 2. The Bertz CT molecular complexity index is 715. The molecule has 2 saturated heterocycles. The lowest BCUT2D eigenvalue weighted by atomic mass is 10.0. The van der Waals surface area contributed by atoms with Gasteiger partial charge in [-0.2, -0.15) is 4.31 Å². The van der Waals surface area contributed by atoms with Gasteiger partial charge in [0.2, 0.25) is 15.9 Å². The highest BCUT2D eigenvalue weighted by molar-refractivity contribution is 7.89. The molecule has 0 aliphatic carbocycles. The molecule has 0 spiro atoms. The Morgan fingerprint density at radius 2 is 1.92 bits per heavy atom. The average molecular weight is 408 g/mol. The SMILES string of the molecule is Cl.O=C(Nc1ccc(Cl)c(S(=O)(=O)N2CCCC2)c1)C1CCCCN1. The summed E-state index contributed by atoms with van der Waals surface area (Å²) in [6, 6.07) is 4.38. The third kappa shape index (κ3) is 4.65. The number of halogens is 2. The number of hydrogen-bond acceptors (Lipinski definition) is 4. The molecule has 2 aliphatic heterocycles. The summed E-state index contributed by atoms with van der Waals surface area (Å²) in [4.78, 5) is 12.4. The second kappa shape index (κ2) is 8.68. The predicted molar refractivity (Wildman–Crippen MR) is 101 cm³/mol. The molecule has 140 valence electrons. The van der Waals surface area contributed by atoms with Crippen LogP contribution in [0.1, 0.15) is 32.1 Å². The Morgan fingerprint density at radius 1 is 1.20 bits per heavy atom. The Balaban J connectivity index is 0.00000225. The highest BCUT2D eigenvalue weighted by Gasteiger charge is 2.29. The minimum Gasteiger partial charge on any atom is -0.325 e. The molecule has 1 aromatic rings. The number of rotatable bonds is 4. The van der Waals surface area contributed by atoms with Crippen molar-refractivity contribution in [2.24, 2.45) is 0 Å². The summed E-state index contributed by atoms with van der Waals surface area (Å²) in [7, 11) is -3.62. The van der Waals surface area contributed by atoms with Gasteiger partial charge in [0.25, 0.3) is 0 Å². The third-order valence-corrected chi connectivity index (χ3v) is 6.89. The number of nitrogens with one attached hydrogen (secondary N) is 2.